The number of amides is 1. The van der Waals surface area contributed by atoms with E-state index in [2.05, 4.69) is 37.0 Å². The van der Waals surface area contributed by atoms with Gasteiger partial charge in [-0.15, -0.1) is 11.3 Å². The molecule has 1 saturated heterocycles. The highest BCUT2D eigenvalue weighted by Crippen LogP contribution is 2.31. The minimum absolute atomic E-state index is 0.132. The number of nitrogens with zero attached hydrogens (tertiary/aromatic N) is 2. The van der Waals surface area contributed by atoms with Crippen LogP contribution in [-0.4, -0.2) is 28.9 Å². The Kier molecular flexibility index (Phi) is 3.81. The van der Waals surface area contributed by atoms with Crippen LogP contribution in [0.3, 0.4) is 0 Å². The van der Waals surface area contributed by atoms with Crippen molar-refractivity contribution < 1.29 is 4.79 Å². The molecule has 0 radical (unpaired) electrons. The molecule has 1 fully saturated rings. The Morgan fingerprint density at radius 1 is 1.33 bits per heavy atom. The van der Waals surface area contributed by atoms with E-state index < -0.39 is 0 Å². The van der Waals surface area contributed by atoms with Gasteiger partial charge in [-0.3, -0.25) is 4.79 Å². The summed E-state index contributed by atoms with van der Waals surface area (Å²) in [6, 6.07) is 6.62. The fourth-order valence-electron chi connectivity index (χ4n) is 3.10. The van der Waals surface area contributed by atoms with Crippen molar-refractivity contribution in [3.63, 3.8) is 0 Å². The highest BCUT2D eigenvalue weighted by Gasteiger charge is 2.29. The molecule has 3 nitrogen and oxygen atoms in total. The molecule has 1 amide bonds. The summed E-state index contributed by atoms with van der Waals surface area (Å²) < 4.78 is 0. The van der Waals surface area contributed by atoms with Crippen LogP contribution in [-0.2, 0) is 0 Å². The molecule has 1 aliphatic rings. The summed E-state index contributed by atoms with van der Waals surface area (Å²) in [6.07, 6.45) is 2.75. The Morgan fingerprint density at radius 2 is 2.14 bits per heavy atom. The van der Waals surface area contributed by atoms with Crippen LogP contribution in [0.15, 0.2) is 24.4 Å². The Bertz CT molecular complexity index is 677. The minimum Gasteiger partial charge on any atom is -0.337 e. The SMILES string of the molecule is Cc1ccc([C@H]2CCN(C(=O)c3cnc(C)s3)C2)c(C)c1. The quantitative estimate of drug-likeness (QED) is 0.847. The van der Waals surface area contributed by atoms with Gasteiger partial charge in [0.2, 0.25) is 0 Å². The summed E-state index contributed by atoms with van der Waals surface area (Å²) >= 11 is 1.48. The van der Waals surface area contributed by atoms with Gasteiger partial charge in [0, 0.05) is 19.0 Å². The second kappa shape index (κ2) is 5.60. The number of carbonyl (C=O) groups is 1. The van der Waals surface area contributed by atoms with Crippen molar-refractivity contribution >= 4 is 17.2 Å². The Morgan fingerprint density at radius 3 is 2.81 bits per heavy atom. The molecular weight excluding hydrogens is 280 g/mol. The molecule has 0 unspecified atom stereocenters. The molecule has 0 N–H and O–H groups in total. The third-order valence-corrected chi connectivity index (χ3v) is 5.07. The second-order valence-electron chi connectivity index (χ2n) is 5.84. The Balaban J connectivity index is 1.74. The molecule has 110 valence electrons. The molecule has 2 heterocycles. The molecule has 0 spiro atoms. The molecule has 0 aliphatic carbocycles. The molecule has 4 heteroatoms. The predicted molar refractivity (Wildman–Crippen MR) is 86.0 cm³/mol. The second-order valence-corrected chi connectivity index (χ2v) is 7.08. The van der Waals surface area contributed by atoms with Crippen molar-refractivity contribution in [3.05, 3.63) is 51.0 Å². The van der Waals surface area contributed by atoms with E-state index in [1.165, 1.54) is 28.0 Å². The lowest BCUT2D eigenvalue weighted by atomic mass is 9.93. The molecule has 1 atom stereocenters. The highest BCUT2D eigenvalue weighted by atomic mass is 32.1. The van der Waals surface area contributed by atoms with Crippen LogP contribution in [0.4, 0.5) is 0 Å². The summed E-state index contributed by atoms with van der Waals surface area (Å²) in [7, 11) is 0. The first-order chi connectivity index (χ1) is 10.0. The lowest BCUT2D eigenvalue weighted by molar-refractivity contribution is 0.0795. The van der Waals surface area contributed by atoms with E-state index in [1.54, 1.807) is 6.20 Å². The van der Waals surface area contributed by atoms with Crippen LogP contribution < -0.4 is 0 Å². The van der Waals surface area contributed by atoms with Crippen molar-refractivity contribution in [2.75, 3.05) is 13.1 Å². The first-order valence-corrected chi connectivity index (χ1v) is 8.15. The number of hydrogen-bond acceptors (Lipinski definition) is 3. The zero-order valence-electron chi connectivity index (χ0n) is 12.7. The fourth-order valence-corrected chi connectivity index (χ4v) is 3.84. The summed E-state index contributed by atoms with van der Waals surface area (Å²) in [6.45, 7) is 7.88. The van der Waals surface area contributed by atoms with Crippen molar-refractivity contribution in [2.45, 2.75) is 33.1 Å². The molecule has 2 aromatic rings. The Hall–Kier alpha value is -1.68. The first kappa shape index (κ1) is 14.3. The summed E-state index contributed by atoms with van der Waals surface area (Å²) in [5, 5.41) is 0.948. The van der Waals surface area contributed by atoms with Gasteiger partial charge < -0.3 is 4.90 Å². The van der Waals surface area contributed by atoms with Gasteiger partial charge in [0.25, 0.3) is 5.91 Å². The largest absolute Gasteiger partial charge is 0.337 e. The van der Waals surface area contributed by atoms with Crippen LogP contribution in [0.25, 0.3) is 0 Å². The standard InChI is InChI=1S/C17H20N2OS/c1-11-4-5-15(12(2)8-11)14-6-7-19(10-14)17(20)16-9-18-13(3)21-16/h4-5,8-9,14H,6-7,10H2,1-3H3/t14-/m0/s1. The minimum atomic E-state index is 0.132. The van der Waals surface area contributed by atoms with E-state index in [-0.39, 0.29) is 5.91 Å². The zero-order valence-corrected chi connectivity index (χ0v) is 13.5. The number of hydrogen-bond donors (Lipinski definition) is 0. The third-order valence-electron chi connectivity index (χ3n) is 4.17. The van der Waals surface area contributed by atoms with Crippen molar-refractivity contribution in [1.82, 2.24) is 9.88 Å². The molecular formula is C17H20N2OS. The van der Waals surface area contributed by atoms with E-state index >= 15 is 0 Å². The Labute approximate surface area is 129 Å². The molecule has 1 aliphatic heterocycles. The number of thiazole rings is 1. The van der Waals surface area contributed by atoms with Crippen LogP contribution in [0.2, 0.25) is 0 Å². The number of likely N-dealkylation sites (tertiary alicyclic amines) is 1. The average Bonchev–Trinajstić information content (AvgIpc) is 3.07. The first-order valence-electron chi connectivity index (χ1n) is 7.33. The van der Waals surface area contributed by atoms with E-state index in [0.717, 1.165) is 29.4 Å². The molecule has 1 aromatic heterocycles. The highest BCUT2D eigenvalue weighted by molar-refractivity contribution is 7.13. The molecule has 21 heavy (non-hydrogen) atoms. The maximum atomic E-state index is 12.5. The number of rotatable bonds is 2. The topological polar surface area (TPSA) is 33.2 Å². The monoisotopic (exact) mass is 300 g/mol. The van der Waals surface area contributed by atoms with E-state index in [1.807, 2.05) is 11.8 Å². The van der Waals surface area contributed by atoms with Gasteiger partial charge in [-0.25, -0.2) is 4.98 Å². The zero-order chi connectivity index (χ0) is 15.0. The number of carbonyl (C=O) groups excluding carboxylic acids is 1. The lowest BCUT2D eigenvalue weighted by Gasteiger charge is -2.17. The van der Waals surface area contributed by atoms with Gasteiger partial charge in [-0.1, -0.05) is 23.8 Å². The number of aryl methyl sites for hydroxylation is 3. The number of benzene rings is 1. The molecule has 3 rings (SSSR count). The van der Waals surface area contributed by atoms with Gasteiger partial charge in [0.1, 0.15) is 4.88 Å². The van der Waals surface area contributed by atoms with Gasteiger partial charge in [0.05, 0.1) is 11.2 Å². The van der Waals surface area contributed by atoms with Gasteiger partial charge in [0.15, 0.2) is 0 Å². The molecule has 1 aromatic carbocycles. The summed E-state index contributed by atoms with van der Waals surface area (Å²) in [5.74, 6) is 0.594. The lowest BCUT2D eigenvalue weighted by Crippen LogP contribution is -2.27. The van der Waals surface area contributed by atoms with Crippen LogP contribution in [0.1, 0.15) is 43.7 Å². The van der Waals surface area contributed by atoms with Gasteiger partial charge in [-0.2, -0.15) is 0 Å². The van der Waals surface area contributed by atoms with Crippen LogP contribution in [0.5, 0.6) is 0 Å². The maximum Gasteiger partial charge on any atom is 0.265 e. The molecule has 0 saturated carbocycles. The molecule has 0 bridgehead atoms. The van der Waals surface area contributed by atoms with E-state index in [9.17, 15) is 4.79 Å². The van der Waals surface area contributed by atoms with Crippen molar-refractivity contribution in [3.8, 4) is 0 Å². The average molecular weight is 300 g/mol. The van der Waals surface area contributed by atoms with Crippen molar-refractivity contribution in [2.24, 2.45) is 0 Å². The van der Waals surface area contributed by atoms with E-state index in [0.29, 0.717) is 5.92 Å². The smallest absolute Gasteiger partial charge is 0.265 e. The maximum absolute atomic E-state index is 12.5. The van der Waals surface area contributed by atoms with E-state index in [4.69, 9.17) is 0 Å². The van der Waals surface area contributed by atoms with Gasteiger partial charge in [-0.05, 0) is 38.3 Å². The normalized spacial score (nSPS) is 18.2. The van der Waals surface area contributed by atoms with Crippen LogP contribution in [0, 0.1) is 20.8 Å². The number of aromatic nitrogens is 1. The van der Waals surface area contributed by atoms with Crippen LogP contribution >= 0.6 is 11.3 Å². The van der Waals surface area contributed by atoms with Crippen molar-refractivity contribution in [1.29, 1.82) is 0 Å². The summed E-state index contributed by atoms with van der Waals surface area (Å²) in [4.78, 5) is 19.4. The fraction of sp³-hybridized carbons (Fsp3) is 0.412. The third kappa shape index (κ3) is 2.86. The van der Waals surface area contributed by atoms with Gasteiger partial charge >= 0.3 is 0 Å². The predicted octanol–water partition coefficient (Wildman–Crippen LogP) is 3.70. The summed E-state index contributed by atoms with van der Waals surface area (Å²) in [5.41, 5.74) is 4.02.